The van der Waals surface area contributed by atoms with Crippen molar-refractivity contribution in [2.24, 2.45) is 5.73 Å². The van der Waals surface area contributed by atoms with Crippen molar-refractivity contribution in [1.82, 2.24) is 0 Å². The largest absolute Gasteiger partial charge is 0.478 e. The van der Waals surface area contributed by atoms with Crippen molar-refractivity contribution < 1.29 is 23.8 Å². The van der Waals surface area contributed by atoms with Gasteiger partial charge >= 0.3 is 17.6 Å². The Hall–Kier alpha value is -1.17. The number of nitrogens with two attached hydrogens (primary N) is 1. The number of carbonyl (C=O) groups is 2. The Bertz CT molecular complexity index is 261. The quantitative estimate of drug-likeness (QED) is 0.532. The van der Waals surface area contributed by atoms with Gasteiger partial charge < -0.3 is 15.6 Å². The summed E-state index contributed by atoms with van der Waals surface area (Å²) in [7, 11) is 0. The van der Waals surface area contributed by atoms with Gasteiger partial charge in [0.2, 0.25) is 0 Å². The van der Waals surface area contributed by atoms with E-state index in [0.29, 0.717) is 0 Å². The maximum absolute atomic E-state index is 13.7. The van der Waals surface area contributed by atoms with E-state index in [1.54, 1.807) is 0 Å². The molecule has 0 rings (SSSR count). The molecule has 0 saturated heterocycles. The van der Waals surface area contributed by atoms with Crippen molar-refractivity contribution in [1.29, 1.82) is 0 Å². The van der Waals surface area contributed by atoms with Crippen LogP contribution in [-0.4, -0.2) is 34.9 Å². The van der Waals surface area contributed by atoms with Crippen molar-refractivity contribution in [2.75, 3.05) is 6.54 Å². The number of ether oxygens (including phenoxy) is 1. The highest BCUT2D eigenvalue weighted by molar-refractivity contribution is 6.02. The zero-order chi connectivity index (χ0) is 12.3. The fourth-order valence-electron chi connectivity index (χ4n) is 0.854. The van der Waals surface area contributed by atoms with Crippen LogP contribution in [0.25, 0.3) is 0 Å². The van der Waals surface area contributed by atoms with Crippen LogP contribution in [0.2, 0.25) is 0 Å². The summed E-state index contributed by atoms with van der Waals surface area (Å²) in [6.45, 7) is 4.32. The van der Waals surface area contributed by atoms with Gasteiger partial charge in [-0.15, -0.1) is 0 Å². The Labute approximate surface area is 87.4 Å². The minimum atomic E-state index is -3.05. The molecule has 0 spiro atoms. The summed E-state index contributed by atoms with van der Waals surface area (Å²) in [5.74, 6) is -3.28. The first-order chi connectivity index (χ1) is 6.63. The monoisotopic (exact) mass is 221 g/mol. The second-order valence-electron chi connectivity index (χ2n) is 4.15. The molecular formula is C9H16FNO4. The van der Waals surface area contributed by atoms with Gasteiger partial charge in [-0.1, -0.05) is 0 Å². The molecule has 0 radical (unpaired) electrons. The third kappa shape index (κ3) is 3.83. The number of halogens is 1. The van der Waals surface area contributed by atoms with Crippen LogP contribution in [0, 0.1) is 0 Å². The number of carboxylic acid groups (broad SMARTS) is 1. The molecule has 5 nitrogen and oxygen atoms in total. The standard InChI is InChI=1S/C9H16FNO4/c1-8(2,3)15-7(14)9(10,4-5-11)6(12)13/h4-5,11H2,1-3H3,(H,12,13)/t9-/m0/s1. The predicted octanol–water partition coefficient (Wildman–Crippen LogP) is 0.470. The molecule has 0 heterocycles. The Kier molecular flexibility index (Phi) is 4.21. The molecule has 6 heteroatoms. The zero-order valence-electron chi connectivity index (χ0n) is 9.04. The second-order valence-corrected chi connectivity index (χ2v) is 4.15. The van der Waals surface area contributed by atoms with E-state index in [1.165, 1.54) is 20.8 Å². The molecule has 0 aromatic heterocycles. The molecule has 0 unspecified atom stereocenters. The number of hydrogen-bond acceptors (Lipinski definition) is 4. The number of carbonyl (C=O) groups excluding carboxylic acids is 1. The lowest BCUT2D eigenvalue weighted by Gasteiger charge is -2.25. The molecule has 88 valence electrons. The van der Waals surface area contributed by atoms with Crippen molar-refractivity contribution in [3.63, 3.8) is 0 Å². The number of hydrogen-bond donors (Lipinski definition) is 2. The highest BCUT2D eigenvalue weighted by Crippen LogP contribution is 2.21. The summed E-state index contributed by atoms with van der Waals surface area (Å²) < 4.78 is 18.4. The third-order valence-electron chi connectivity index (χ3n) is 1.55. The van der Waals surface area contributed by atoms with E-state index < -0.39 is 29.6 Å². The summed E-state index contributed by atoms with van der Waals surface area (Å²) in [5.41, 5.74) is 1.06. The summed E-state index contributed by atoms with van der Waals surface area (Å²) in [6.07, 6.45) is -0.600. The summed E-state index contributed by atoms with van der Waals surface area (Å²) in [6, 6.07) is 0. The molecule has 0 fully saturated rings. The van der Waals surface area contributed by atoms with Crippen molar-refractivity contribution in [3.05, 3.63) is 0 Å². The lowest BCUT2D eigenvalue weighted by Crippen LogP contribution is -2.47. The lowest BCUT2D eigenvalue weighted by molar-refractivity contribution is -0.179. The Morgan fingerprint density at radius 3 is 2.13 bits per heavy atom. The van der Waals surface area contributed by atoms with E-state index in [2.05, 4.69) is 4.74 Å². The second kappa shape index (κ2) is 4.57. The summed E-state index contributed by atoms with van der Waals surface area (Å²) >= 11 is 0. The Morgan fingerprint density at radius 2 is 1.87 bits per heavy atom. The predicted molar refractivity (Wildman–Crippen MR) is 51.0 cm³/mol. The number of rotatable bonds is 4. The van der Waals surface area contributed by atoms with Crippen LogP contribution >= 0.6 is 0 Å². The first-order valence-corrected chi connectivity index (χ1v) is 4.49. The van der Waals surface area contributed by atoms with Gasteiger partial charge in [-0.2, -0.15) is 0 Å². The van der Waals surface area contributed by atoms with Crippen LogP contribution < -0.4 is 5.73 Å². The Balaban J connectivity index is 4.79. The third-order valence-corrected chi connectivity index (χ3v) is 1.55. The van der Waals surface area contributed by atoms with Crippen LogP contribution in [0.4, 0.5) is 4.39 Å². The molecule has 0 aromatic rings. The van der Waals surface area contributed by atoms with E-state index in [1.807, 2.05) is 0 Å². The van der Waals surface area contributed by atoms with Gasteiger partial charge in [0.1, 0.15) is 5.60 Å². The van der Waals surface area contributed by atoms with Crippen molar-refractivity contribution >= 4 is 11.9 Å². The smallest absolute Gasteiger partial charge is 0.356 e. The summed E-state index contributed by atoms with van der Waals surface area (Å²) in [5, 5.41) is 8.60. The van der Waals surface area contributed by atoms with Gasteiger partial charge in [-0.25, -0.2) is 14.0 Å². The molecule has 0 aliphatic rings. The number of alkyl halides is 1. The van der Waals surface area contributed by atoms with E-state index in [9.17, 15) is 14.0 Å². The average Bonchev–Trinajstić information content (AvgIpc) is 2.00. The van der Waals surface area contributed by atoms with Crippen LogP contribution in [0.3, 0.4) is 0 Å². The first-order valence-electron chi connectivity index (χ1n) is 4.49. The van der Waals surface area contributed by atoms with Crippen LogP contribution in [0.1, 0.15) is 27.2 Å². The topological polar surface area (TPSA) is 89.6 Å². The van der Waals surface area contributed by atoms with E-state index in [-0.39, 0.29) is 6.54 Å². The maximum Gasteiger partial charge on any atom is 0.356 e. The molecule has 3 N–H and O–H groups in total. The molecule has 0 aliphatic heterocycles. The van der Waals surface area contributed by atoms with Crippen molar-refractivity contribution in [3.8, 4) is 0 Å². The average molecular weight is 221 g/mol. The lowest BCUT2D eigenvalue weighted by atomic mass is 10.0. The molecule has 1 atom stereocenters. The molecular weight excluding hydrogens is 205 g/mol. The van der Waals surface area contributed by atoms with Gasteiger partial charge in [-0.05, 0) is 27.3 Å². The number of carboxylic acids is 1. The molecule has 0 saturated carbocycles. The zero-order valence-corrected chi connectivity index (χ0v) is 9.04. The van der Waals surface area contributed by atoms with Crippen LogP contribution in [0.15, 0.2) is 0 Å². The highest BCUT2D eigenvalue weighted by atomic mass is 19.1. The maximum atomic E-state index is 13.7. The van der Waals surface area contributed by atoms with E-state index in [0.717, 1.165) is 0 Å². The SMILES string of the molecule is CC(C)(C)OC(=O)[C@](F)(CCN)C(=O)O. The normalized spacial score (nSPS) is 15.5. The van der Waals surface area contributed by atoms with Crippen molar-refractivity contribution in [2.45, 2.75) is 38.5 Å². The molecule has 0 aliphatic carbocycles. The number of esters is 1. The van der Waals surface area contributed by atoms with Gasteiger partial charge in [0.05, 0.1) is 0 Å². The van der Waals surface area contributed by atoms with E-state index >= 15 is 0 Å². The minimum absolute atomic E-state index is 0.248. The summed E-state index contributed by atoms with van der Waals surface area (Å²) in [4.78, 5) is 21.9. The van der Waals surface area contributed by atoms with Gasteiger partial charge in [-0.3, -0.25) is 0 Å². The molecule has 0 amide bonds. The first kappa shape index (κ1) is 13.8. The van der Waals surface area contributed by atoms with Gasteiger partial charge in [0, 0.05) is 6.42 Å². The molecule has 0 aromatic carbocycles. The van der Waals surface area contributed by atoms with Crippen LogP contribution in [-0.2, 0) is 14.3 Å². The fourth-order valence-corrected chi connectivity index (χ4v) is 0.854. The molecule has 15 heavy (non-hydrogen) atoms. The minimum Gasteiger partial charge on any atom is -0.478 e. The van der Waals surface area contributed by atoms with E-state index in [4.69, 9.17) is 10.8 Å². The Morgan fingerprint density at radius 1 is 1.40 bits per heavy atom. The van der Waals surface area contributed by atoms with Crippen LogP contribution in [0.5, 0.6) is 0 Å². The molecule has 0 bridgehead atoms. The number of aliphatic carboxylic acids is 1. The van der Waals surface area contributed by atoms with Gasteiger partial charge in [0.15, 0.2) is 0 Å². The highest BCUT2D eigenvalue weighted by Gasteiger charge is 2.49. The van der Waals surface area contributed by atoms with Gasteiger partial charge in [0.25, 0.3) is 0 Å². The fraction of sp³-hybridized carbons (Fsp3) is 0.778.